The average molecular weight is 283 g/mol. The normalized spacial score (nSPS) is 5.00. The van der Waals surface area contributed by atoms with Gasteiger partial charge in [-0.2, -0.15) is 5.70 Å². The van der Waals surface area contributed by atoms with Crippen LogP contribution in [0.1, 0.15) is 6.92 Å². The van der Waals surface area contributed by atoms with Crippen molar-refractivity contribution in [1.29, 1.82) is 0 Å². The van der Waals surface area contributed by atoms with Gasteiger partial charge in [-0.3, -0.25) is 0 Å². The Kier molecular flexibility index (Phi) is 9.33. The molecular formula is C3H6AcN-. The molecule has 0 bridgehead atoms. The Balaban J connectivity index is 0. The van der Waals surface area contributed by atoms with Gasteiger partial charge in [-0.05, 0) is 0 Å². The Morgan fingerprint density at radius 3 is 1.80 bits per heavy atom. The summed E-state index contributed by atoms with van der Waals surface area (Å²) in [5.74, 6) is 0. The van der Waals surface area contributed by atoms with Crippen LogP contribution in [0.2, 0.25) is 0 Å². The van der Waals surface area contributed by atoms with E-state index in [2.05, 4.69) is 6.58 Å². The van der Waals surface area contributed by atoms with E-state index in [1.807, 2.05) is 0 Å². The van der Waals surface area contributed by atoms with Gasteiger partial charge in [0, 0.05) is 44.1 Å². The summed E-state index contributed by atoms with van der Waals surface area (Å²) in [6.45, 7) is 4.86. The summed E-state index contributed by atoms with van der Waals surface area (Å²) in [6, 6.07) is 0. The van der Waals surface area contributed by atoms with Crippen LogP contribution >= 0.6 is 0 Å². The molecule has 0 unspecified atom stereocenters. The summed E-state index contributed by atoms with van der Waals surface area (Å²) in [5, 5.41) is 0. The zero-order chi connectivity index (χ0) is 3.58. The van der Waals surface area contributed by atoms with Crippen LogP contribution in [0.3, 0.4) is 0 Å². The predicted octanol–water partition coefficient (Wildman–Crippen LogP) is 1.57. The molecule has 0 saturated heterocycles. The van der Waals surface area contributed by atoms with E-state index in [4.69, 9.17) is 5.73 Å². The molecule has 1 N–H and O–H groups in total. The molecule has 27 valence electrons. The van der Waals surface area contributed by atoms with Crippen molar-refractivity contribution in [2.75, 3.05) is 0 Å². The molecule has 0 aliphatic heterocycles. The smallest absolute Gasteiger partial charge is 0 e. The van der Waals surface area contributed by atoms with Gasteiger partial charge in [0.05, 0.1) is 0 Å². The second kappa shape index (κ2) is 4.98. The fourth-order valence-corrected chi connectivity index (χ4v) is 0. The van der Waals surface area contributed by atoms with Gasteiger partial charge >= 0.3 is 0 Å². The van der Waals surface area contributed by atoms with E-state index in [0.717, 1.165) is 0 Å². The first-order valence-electron chi connectivity index (χ1n) is 1.10. The van der Waals surface area contributed by atoms with Gasteiger partial charge in [0.25, 0.3) is 0 Å². The molecule has 0 aromatic heterocycles. The number of allylic oxidation sites excluding steroid dienone is 1. The van der Waals surface area contributed by atoms with E-state index in [-0.39, 0.29) is 44.1 Å². The van der Waals surface area contributed by atoms with Crippen LogP contribution in [-0.2, 0) is 0 Å². The third-order valence-electron chi connectivity index (χ3n) is 0. The third kappa shape index (κ3) is 46.0. The molecule has 0 heterocycles. The van der Waals surface area contributed by atoms with E-state index in [9.17, 15) is 0 Å². The van der Waals surface area contributed by atoms with Gasteiger partial charge in [-0.15, -0.1) is 6.58 Å². The van der Waals surface area contributed by atoms with Crippen molar-refractivity contribution < 1.29 is 44.1 Å². The molecule has 0 rings (SSSR count). The Labute approximate surface area is 68.2 Å². The number of nitrogens with one attached hydrogen (secondary N) is 1. The zero-order valence-electron chi connectivity index (χ0n) is 3.28. The van der Waals surface area contributed by atoms with E-state index >= 15 is 0 Å². The summed E-state index contributed by atoms with van der Waals surface area (Å²) in [6.07, 6.45) is 0. The van der Waals surface area contributed by atoms with Crippen molar-refractivity contribution in [3.05, 3.63) is 18.0 Å². The van der Waals surface area contributed by atoms with Gasteiger partial charge < -0.3 is 5.73 Å². The topological polar surface area (TPSA) is 23.8 Å². The molecular weight excluding hydrogens is 277 g/mol. The van der Waals surface area contributed by atoms with Crippen LogP contribution in [0.25, 0.3) is 5.73 Å². The van der Waals surface area contributed by atoms with Crippen molar-refractivity contribution in [2.24, 2.45) is 0 Å². The first-order chi connectivity index (χ1) is 1.73. The van der Waals surface area contributed by atoms with Crippen molar-refractivity contribution in [1.82, 2.24) is 0 Å². The number of hydrogen-bond acceptors (Lipinski definition) is 0. The summed E-state index contributed by atoms with van der Waals surface area (Å²) >= 11 is 0. The molecule has 0 fully saturated rings. The zero-order valence-corrected chi connectivity index (χ0v) is 8.03. The van der Waals surface area contributed by atoms with Crippen molar-refractivity contribution in [2.45, 2.75) is 6.92 Å². The van der Waals surface area contributed by atoms with Crippen LogP contribution in [0.4, 0.5) is 0 Å². The van der Waals surface area contributed by atoms with Crippen molar-refractivity contribution in [3.63, 3.8) is 0 Å². The van der Waals surface area contributed by atoms with Gasteiger partial charge in [-0.1, -0.05) is 6.92 Å². The largest absolute Gasteiger partial charge is 0.703 e. The molecule has 0 aliphatic carbocycles. The molecule has 1 nitrogen and oxygen atoms in total. The maximum absolute atomic E-state index is 6.39. The molecule has 0 amide bonds. The van der Waals surface area contributed by atoms with Crippen LogP contribution in [0, 0.1) is 44.1 Å². The van der Waals surface area contributed by atoms with E-state index in [0.29, 0.717) is 5.70 Å². The SMILES string of the molecule is C=C(C)[NH-].[Ac]. The Morgan fingerprint density at radius 2 is 1.80 bits per heavy atom. The summed E-state index contributed by atoms with van der Waals surface area (Å²) in [5.41, 5.74) is 6.81. The minimum absolute atomic E-state index is 0. The van der Waals surface area contributed by atoms with E-state index in [1.54, 1.807) is 6.92 Å². The summed E-state index contributed by atoms with van der Waals surface area (Å²) in [4.78, 5) is 0. The Morgan fingerprint density at radius 1 is 1.80 bits per heavy atom. The summed E-state index contributed by atoms with van der Waals surface area (Å²) in [7, 11) is 0. The molecule has 0 aromatic carbocycles. The minimum atomic E-state index is 0. The molecule has 5 heavy (non-hydrogen) atoms. The maximum atomic E-state index is 6.39. The third-order valence-corrected chi connectivity index (χ3v) is 0. The van der Waals surface area contributed by atoms with Crippen molar-refractivity contribution in [3.8, 4) is 0 Å². The van der Waals surface area contributed by atoms with E-state index < -0.39 is 0 Å². The standard InChI is InChI=1S/C3H6N.Ac/c1-3(2)4;/h4H,1H2,2H3;/q-1;. The fraction of sp³-hybridized carbons (Fsp3) is 0.333. The molecule has 0 aliphatic rings. The first kappa shape index (κ1) is 9.36. The molecule has 0 spiro atoms. The minimum Gasteiger partial charge on any atom is -0.703 e. The van der Waals surface area contributed by atoms with Gasteiger partial charge in [0.2, 0.25) is 0 Å². The van der Waals surface area contributed by atoms with Gasteiger partial charge in [0.15, 0.2) is 0 Å². The second-order valence-electron chi connectivity index (χ2n) is 0.780. The number of hydrogen-bond donors (Lipinski definition) is 0. The Bertz CT molecular complexity index is 29.9. The Hall–Kier alpha value is 0.982. The van der Waals surface area contributed by atoms with Crippen LogP contribution in [0.5, 0.6) is 0 Å². The van der Waals surface area contributed by atoms with Crippen LogP contribution in [0.15, 0.2) is 12.3 Å². The average Bonchev–Trinajstić information content (AvgIpc) is 0.811. The monoisotopic (exact) mass is 283 g/mol. The van der Waals surface area contributed by atoms with Gasteiger partial charge in [0.1, 0.15) is 0 Å². The fourth-order valence-electron chi connectivity index (χ4n) is 0. The molecule has 0 aromatic rings. The maximum Gasteiger partial charge on any atom is 0 e. The first-order valence-corrected chi connectivity index (χ1v) is 1.10. The summed E-state index contributed by atoms with van der Waals surface area (Å²) < 4.78 is 0. The predicted molar refractivity (Wildman–Crippen MR) is 19.1 cm³/mol. The van der Waals surface area contributed by atoms with Crippen LogP contribution < -0.4 is 0 Å². The van der Waals surface area contributed by atoms with Crippen molar-refractivity contribution >= 4 is 0 Å². The number of rotatable bonds is 0. The second-order valence-corrected chi connectivity index (χ2v) is 0.780. The molecule has 0 atom stereocenters. The molecule has 2 heteroatoms. The molecule has 1 radical (unpaired) electrons. The van der Waals surface area contributed by atoms with Crippen LogP contribution in [-0.4, -0.2) is 0 Å². The quantitative estimate of drug-likeness (QED) is 0.644. The van der Waals surface area contributed by atoms with Gasteiger partial charge in [-0.25, -0.2) is 0 Å². The molecule has 0 saturated carbocycles. The van der Waals surface area contributed by atoms with E-state index in [1.165, 1.54) is 0 Å².